The van der Waals surface area contributed by atoms with Crippen molar-refractivity contribution in [3.05, 3.63) is 161 Å². The third-order valence-corrected chi connectivity index (χ3v) is 9.81. The van der Waals surface area contributed by atoms with Crippen LogP contribution < -0.4 is 10.6 Å². The van der Waals surface area contributed by atoms with Crippen LogP contribution in [0.2, 0.25) is 0 Å². The molecular formula is C47H55N13O2. The van der Waals surface area contributed by atoms with Crippen molar-refractivity contribution in [1.29, 1.82) is 0 Å². The summed E-state index contributed by atoms with van der Waals surface area (Å²) >= 11 is 0. The first-order valence-electron chi connectivity index (χ1n) is 19.5. The Morgan fingerprint density at radius 1 is 0.548 bits per heavy atom. The number of aliphatic hydroxyl groups excluding tert-OH is 2. The van der Waals surface area contributed by atoms with E-state index in [1.165, 1.54) is 5.56 Å². The summed E-state index contributed by atoms with van der Waals surface area (Å²) in [6, 6.07) is 27.6. The molecule has 0 unspecified atom stereocenters. The zero-order valence-electron chi connectivity index (χ0n) is 34.4. The van der Waals surface area contributed by atoms with Crippen LogP contribution in [0.3, 0.4) is 0 Å². The van der Waals surface area contributed by atoms with Crippen LogP contribution in [0.5, 0.6) is 0 Å². The molecule has 0 bridgehead atoms. The Labute approximate surface area is 363 Å². The number of benzene rings is 1. The third-order valence-electron chi connectivity index (χ3n) is 9.81. The molecule has 0 aliphatic rings. The van der Waals surface area contributed by atoms with E-state index in [9.17, 15) is 10.2 Å². The van der Waals surface area contributed by atoms with Gasteiger partial charge >= 0.3 is 0 Å². The van der Waals surface area contributed by atoms with Gasteiger partial charge in [0.15, 0.2) is 11.6 Å². The highest BCUT2D eigenvalue weighted by molar-refractivity contribution is 5.61. The number of rotatable bonds is 12. The number of pyridine rings is 3. The van der Waals surface area contributed by atoms with E-state index in [2.05, 4.69) is 75.0 Å². The van der Waals surface area contributed by atoms with Gasteiger partial charge in [-0.15, -0.1) is 20.4 Å². The molecule has 320 valence electrons. The lowest BCUT2D eigenvalue weighted by Gasteiger charge is -2.16. The van der Waals surface area contributed by atoms with Crippen molar-refractivity contribution in [1.82, 2.24) is 54.4 Å². The number of nitrogens with one attached hydrogen (secondary N) is 2. The predicted molar refractivity (Wildman–Crippen MR) is 244 cm³/mol. The molecule has 7 heterocycles. The number of anilines is 2. The number of aryl methyl sites for hydroxylation is 4. The minimum absolute atomic E-state index is 0. The van der Waals surface area contributed by atoms with Crippen LogP contribution >= 0.6 is 0 Å². The van der Waals surface area contributed by atoms with Gasteiger partial charge in [0, 0.05) is 18.6 Å². The van der Waals surface area contributed by atoms with Crippen molar-refractivity contribution in [2.24, 2.45) is 0 Å². The van der Waals surface area contributed by atoms with E-state index >= 15 is 0 Å². The Kier molecular flexibility index (Phi) is 15.4. The van der Waals surface area contributed by atoms with E-state index in [-0.39, 0.29) is 40.2 Å². The van der Waals surface area contributed by atoms with Gasteiger partial charge in [-0.25, -0.2) is 19.9 Å². The molecule has 8 aromatic rings. The summed E-state index contributed by atoms with van der Waals surface area (Å²) in [7, 11) is 0. The summed E-state index contributed by atoms with van der Waals surface area (Å²) in [5.74, 6) is 1.44. The number of hydrogen-bond donors (Lipinski definition) is 4. The molecule has 0 fully saturated rings. The van der Waals surface area contributed by atoms with Gasteiger partial charge in [0.1, 0.15) is 11.4 Å². The van der Waals surface area contributed by atoms with Gasteiger partial charge in [0.05, 0.1) is 89.2 Å². The van der Waals surface area contributed by atoms with Crippen molar-refractivity contribution in [2.75, 3.05) is 10.6 Å². The molecule has 0 aliphatic heterocycles. The van der Waals surface area contributed by atoms with Crippen LogP contribution in [0.1, 0.15) is 85.9 Å². The van der Waals surface area contributed by atoms with Crippen molar-refractivity contribution in [2.45, 2.75) is 81.7 Å². The topological polar surface area (TPSA) is 190 Å². The highest BCUT2D eigenvalue weighted by Crippen LogP contribution is 2.26. The molecular weight excluding hydrogens is 779 g/mol. The standard InChI is InChI=1S/C23H24N6O.C22H23N7O.2CH4/c1-15-11-20(27-28-23(15)25-17(3)18-7-5-4-6-8-18)19-9-10-22(21(13-30)26-19)29-12-16(2)24-14-29;1-14-10-19(27-28-22(14)25-16(3)17-6-4-5-9-23-17)18-7-8-21(20(12-30)26-18)29-11-15(2)24-13-29;;/h4-12,14,17,30H,13H2,1-3H3,(H,25,28);4-11,13,16,30H,12H2,1-3H3,(H,25,28);2*1H4/t17-;16-;;/m10../s1. The summed E-state index contributed by atoms with van der Waals surface area (Å²) < 4.78 is 3.70. The maximum Gasteiger partial charge on any atom is 0.152 e. The molecule has 4 N–H and O–H groups in total. The molecule has 0 saturated carbocycles. The Morgan fingerprint density at radius 3 is 1.45 bits per heavy atom. The Hall–Kier alpha value is -7.23. The lowest BCUT2D eigenvalue weighted by molar-refractivity contribution is 0.276. The van der Waals surface area contributed by atoms with Gasteiger partial charge in [-0.3, -0.25) is 4.98 Å². The zero-order valence-corrected chi connectivity index (χ0v) is 34.4. The van der Waals surface area contributed by atoms with Crippen molar-refractivity contribution in [3.8, 4) is 34.2 Å². The minimum atomic E-state index is -0.186. The molecule has 7 aromatic heterocycles. The highest BCUT2D eigenvalue weighted by atomic mass is 16.3. The smallest absolute Gasteiger partial charge is 0.152 e. The average molecular weight is 834 g/mol. The second-order valence-electron chi connectivity index (χ2n) is 14.4. The van der Waals surface area contributed by atoms with Crippen LogP contribution in [-0.2, 0) is 13.2 Å². The van der Waals surface area contributed by atoms with Crippen LogP contribution in [0.25, 0.3) is 34.2 Å². The molecule has 0 aliphatic carbocycles. The van der Waals surface area contributed by atoms with Crippen LogP contribution in [-0.4, -0.2) is 64.7 Å². The molecule has 15 nitrogen and oxygen atoms in total. The van der Waals surface area contributed by atoms with Crippen LogP contribution in [0, 0.1) is 27.7 Å². The zero-order chi connectivity index (χ0) is 42.2. The summed E-state index contributed by atoms with van der Waals surface area (Å²) in [6.07, 6.45) is 8.98. The molecule has 62 heavy (non-hydrogen) atoms. The first kappa shape index (κ1) is 45.8. The van der Waals surface area contributed by atoms with Crippen LogP contribution in [0.15, 0.2) is 116 Å². The molecule has 0 saturated heterocycles. The first-order valence-corrected chi connectivity index (χ1v) is 19.5. The van der Waals surface area contributed by atoms with E-state index in [4.69, 9.17) is 0 Å². The van der Waals surface area contributed by atoms with Gasteiger partial charge in [-0.1, -0.05) is 51.3 Å². The fraction of sp³-hybridized carbons (Fsp3) is 0.255. The maximum atomic E-state index is 9.82. The molecule has 15 heteroatoms. The van der Waals surface area contributed by atoms with Crippen molar-refractivity contribution < 1.29 is 10.2 Å². The van der Waals surface area contributed by atoms with E-state index in [1.807, 2.05) is 129 Å². The fourth-order valence-corrected chi connectivity index (χ4v) is 6.53. The normalized spacial score (nSPS) is 11.6. The highest BCUT2D eigenvalue weighted by Gasteiger charge is 2.16. The number of nitrogens with zero attached hydrogens (tertiary/aromatic N) is 11. The number of aromatic nitrogens is 11. The van der Waals surface area contributed by atoms with Crippen LogP contribution in [0.4, 0.5) is 11.6 Å². The fourth-order valence-electron chi connectivity index (χ4n) is 6.53. The number of aliphatic hydroxyl groups is 2. The Morgan fingerprint density at radius 2 is 1.03 bits per heavy atom. The summed E-state index contributed by atoms with van der Waals surface area (Å²) in [6.45, 7) is 11.6. The summed E-state index contributed by atoms with van der Waals surface area (Å²) in [5.41, 5.74) is 11.1. The van der Waals surface area contributed by atoms with E-state index in [0.29, 0.717) is 40.0 Å². The van der Waals surface area contributed by atoms with Crippen molar-refractivity contribution in [3.63, 3.8) is 0 Å². The number of imidazole rings is 2. The second-order valence-corrected chi connectivity index (χ2v) is 14.4. The van der Waals surface area contributed by atoms with Gasteiger partial charge in [0.25, 0.3) is 0 Å². The molecule has 0 amide bonds. The van der Waals surface area contributed by atoms with Gasteiger partial charge in [0.2, 0.25) is 0 Å². The van der Waals surface area contributed by atoms with E-state index in [0.717, 1.165) is 45.4 Å². The average Bonchev–Trinajstić information content (AvgIpc) is 3.92. The van der Waals surface area contributed by atoms with E-state index < -0.39 is 0 Å². The first-order chi connectivity index (χ1) is 29.1. The minimum Gasteiger partial charge on any atom is -0.390 e. The summed E-state index contributed by atoms with van der Waals surface area (Å²) in [5, 5.41) is 43.8. The Balaban J connectivity index is 0.000000227. The molecule has 0 radical (unpaired) electrons. The maximum absolute atomic E-state index is 9.82. The largest absolute Gasteiger partial charge is 0.390 e. The SMILES string of the molecule is C.C.Cc1cn(-c2ccc(-c3cc(C)c(N[C@@H](C)c4ccccn4)nn3)nc2CO)cn1.Cc1cn(-c2ccc(-c3cc(C)c(N[C@H](C)c4ccccc4)nn3)nc2CO)cn1. The molecule has 0 spiro atoms. The van der Waals surface area contributed by atoms with Gasteiger partial charge in [-0.05, 0) is 107 Å². The van der Waals surface area contributed by atoms with Crippen molar-refractivity contribution >= 4 is 11.6 Å². The van der Waals surface area contributed by atoms with Gasteiger partial charge in [-0.2, -0.15) is 0 Å². The lowest BCUT2D eigenvalue weighted by Crippen LogP contribution is -2.11. The number of hydrogen-bond acceptors (Lipinski definition) is 13. The van der Waals surface area contributed by atoms with Gasteiger partial charge < -0.3 is 30.0 Å². The lowest BCUT2D eigenvalue weighted by atomic mass is 10.1. The second kappa shape index (κ2) is 20.8. The van der Waals surface area contributed by atoms with E-state index in [1.54, 1.807) is 18.9 Å². The summed E-state index contributed by atoms with van der Waals surface area (Å²) in [4.78, 5) is 22.0. The quantitative estimate of drug-likeness (QED) is 0.0916. The Bertz CT molecular complexity index is 2500. The third kappa shape index (κ3) is 10.7. The molecule has 2 atom stereocenters. The predicted octanol–water partition coefficient (Wildman–Crippen LogP) is 8.68. The molecule has 8 rings (SSSR count). The molecule has 1 aromatic carbocycles. The monoisotopic (exact) mass is 833 g/mol.